The fourth-order valence-electron chi connectivity index (χ4n) is 3.41. The predicted molar refractivity (Wildman–Crippen MR) is 113 cm³/mol. The molecule has 1 N–H and O–H groups in total. The van der Waals surface area contributed by atoms with Crippen molar-refractivity contribution >= 4 is 33.4 Å². The molecule has 0 aliphatic rings. The molecule has 0 unspecified atom stereocenters. The third kappa shape index (κ3) is 2.53. The fraction of sp³-hybridized carbons (Fsp3) is 0.0909. The van der Waals surface area contributed by atoms with E-state index in [2.05, 4.69) is 11.9 Å². The van der Waals surface area contributed by atoms with E-state index in [4.69, 9.17) is 0 Å². The van der Waals surface area contributed by atoms with Crippen LogP contribution >= 0.6 is 11.3 Å². The molecular formula is C22H17N3O2S. The lowest BCUT2D eigenvalue weighted by Gasteiger charge is -2.06. The normalized spacial score (nSPS) is 12.4. The third-order valence-corrected chi connectivity index (χ3v) is 6.01. The Balaban J connectivity index is 1.71. The maximum atomic E-state index is 13.1. The van der Waals surface area contributed by atoms with Gasteiger partial charge in [-0.15, -0.1) is 0 Å². The molecule has 0 amide bonds. The predicted octanol–water partition coefficient (Wildman–Crippen LogP) is 3.57. The topological polar surface area (TPSA) is 59.5 Å². The Kier molecular flexibility index (Phi) is 3.64. The molecule has 0 saturated heterocycles. The summed E-state index contributed by atoms with van der Waals surface area (Å²) in [5.41, 5.74) is 5.78. The van der Waals surface area contributed by atoms with Crippen LogP contribution in [-0.4, -0.2) is 19.1 Å². The molecule has 2 aromatic carbocycles. The van der Waals surface area contributed by atoms with Crippen molar-refractivity contribution in [3.63, 3.8) is 0 Å². The summed E-state index contributed by atoms with van der Waals surface area (Å²) in [6.45, 7) is 4.10. The van der Waals surface area contributed by atoms with E-state index in [9.17, 15) is 9.90 Å². The minimum atomic E-state index is -0.0517. The largest absolute Gasteiger partial charge is 0.508 e. The highest BCUT2D eigenvalue weighted by Gasteiger charge is 2.13. The molecule has 0 spiro atoms. The third-order valence-electron chi connectivity index (χ3n) is 5.04. The number of fused-ring (bicyclic) bond motifs is 3. The quantitative estimate of drug-likeness (QED) is 0.504. The van der Waals surface area contributed by atoms with Crippen molar-refractivity contribution in [2.45, 2.75) is 13.8 Å². The Morgan fingerprint density at radius 3 is 2.61 bits per heavy atom. The molecule has 0 saturated carbocycles. The van der Waals surface area contributed by atoms with Gasteiger partial charge in [-0.25, -0.2) is 9.38 Å². The van der Waals surface area contributed by atoms with Crippen molar-refractivity contribution in [2.75, 3.05) is 0 Å². The Morgan fingerprint density at radius 1 is 1.07 bits per heavy atom. The molecule has 5 aromatic rings. The number of hydrogen-bond donors (Lipinski definition) is 1. The number of hydrogen-bond acceptors (Lipinski definition) is 4. The van der Waals surface area contributed by atoms with Gasteiger partial charge in [0.05, 0.1) is 15.6 Å². The molecular weight excluding hydrogens is 370 g/mol. The molecule has 0 fully saturated rings. The number of aromatic nitrogens is 3. The van der Waals surface area contributed by atoms with Crippen LogP contribution in [0.3, 0.4) is 0 Å². The van der Waals surface area contributed by atoms with Crippen LogP contribution < -0.4 is 10.1 Å². The molecule has 0 bridgehead atoms. The molecule has 0 aliphatic heterocycles. The number of rotatable bonds is 2. The summed E-state index contributed by atoms with van der Waals surface area (Å²) in [6, 6.07) is 14.9. The van der Waals surface area contributed by atoms with Crippen molar-refractivity contribution in [1.29, 1.82) is 0 Å². The van der Waals surface area contributed by atoms with Crippen molar-refractivity contribution in [3.8, 4) is 11.4 Å². The summed E-state index contributed by atoms with van der Waals surface area (Å²) in [6.07, 6.45) is 3.82. The van der Waals surface area contributed by atoms with Crippen molar-refractivity contribution < 1.29 is 5.11 Å². The summed E-state index contributed by atoms with van der Waals surface area (Å²) < 4.78 is 4.32. The Morgan fingerprint density at radius 2 is 1.82 bits per heavy atom. The van der Waals surface area contributed by atoms with Gasteiger partial charge in [0.2, 0.25) is 0 Å². The van der Waals surface area contributed by atoms with Gasteiger partial charge < -0.3 is 9.67 Å². The van der Waals surface area contributed by atoms with Crippen LogP contribution in [0.15, 0.2) is 59.5 Å². The van der Waals surface area contributed by atoms with Crippen molar-refractivity contribution in [2.24, 2.45) is 0 Å². The van der Waals surface area contributed by atoms with Crippen LogP contribution in [0.25, 0.3) is 27.8 Å². The van der Waals surface area contributed by atoms with Crippen LogP contribution in [0.4, 0.5) is 0 Å². The SMILES string of the molecule is Cc1cc2nc3s/c(=C\c4cccn4-c4ccc(O)cc4)c(=O)n3c2cc1C. The maximum absolute atomic E-state index is 13.1. The zero-order valence-corrected chi connectivity index (χ0v) is 16.2. The van der Waals surface area contributed by atoms with Gasteiger partial charge in [0.1, 0.15) is 5.75 Å². The van der Waals surface area contributed by atoms with Crippen LogP contribution in [0.2, 0.25) is 0 Å². The van der Waals surface area contributed by atoms with Gasteiger partial charge in [0, 0.05) is 17.6 Å². The van der Waals surface area contributed by atoms with Gasteiger partial charge in [-0.05, 0) is 79.6 Å². The standard InChI is InChI=1S/C22H17N3O2S/c1-13-10-18-19(11-14(13)2)25-21(27)20(28-22(25)23-18)12-16-4-3-9-24(16)15-5-7-17(26)8-6-15/h3-12,26H,1-2H3/b20-12-. The number of thiazole rings is 1. The summed E-state index contributed by atoms with van der Waals surface area (Å²) in [5.74, 6) is 0.222. The van der Waals surface area contributed by atoms with E-state index in [1.807, 2.05) is 60.2 Å². The Bertz CT molecular complexity index is 1460. The molecule has 3 aromatic heterocycles. The number of nitrogens with zero attached hydrogens (tertiary/aromatic N) is 3. The lowest BCUT2D eigenvalue weighted by atomic mass is 10.1. The van der Waals surface area contributed by atoms with Gasteiger partial charge >= 0.3 is 0 Å². The van der Waals surface area contributed by atoms with Crippen molar-refractivity contribution in [1.82, 2.24) is 14.0 Å². The van der Waals surface area contributed by atoms with Gasteiger partial charge in [-0.2, -0.15) is 0 Å². The van der Waals surface area contributed by atoms with E-state index in [1.54, 1.807) is 16.5 Å². The monoisotopic (exact) mass is 387 g/mol. The molecule has 5 rings (SSSR count). The van der Waals surface area contributed by atoms with E-state index in [0.29, 0.717) is 9.49 Å². The molecule has 138 valence electrons. The molecule has 0 atom stereocenters. The van der Waals surface area contributed by atoms with Crippen LogP contribution in [0.1, 0.15) is 16.8 Å². The highest BCUT2D eigenvalue weighted by Crippen LogP contribution is 2.21. The van der Waals surface area contributed by atoms with Gasteiger partial charge in [0.25, 0.3) is 5.56 Å². The van der Waals surface area contributed by atoms with Crippen molar-refractivity contribution in [3.05, 3.63) is 86.4 Å². The Hall–Kier alpha value is -3.38. The number of aryl methyl sites for hydroxylation is 2. The molecule has 0 radical (unpaired) electrons. The molecule has 28 heavy (non-hydrogen) atoms. The molecule has 3 heterocycles. The second-order valence-electron chi connectivity index (χ2n) is 6.89. The highest BCUT2D eigenvalue weighted by molar-refractivity contribution is 7.15. The van der Waals surface area contributed by atoms with Crippen LogP contribution in [0, 0.1) is 13.8 Å². The van der Waals surface area contributed by atoms with Crippen LogP contribution in [0.5, 0.6) is 5.75 Å². The molecule has 6 heteroatoms. The first-order valence-corrected chi connectivity index (χ1v) is 9.73. The lowest BCUT2D eigenvalue weighted by Crippen LogP contribution is -2.23. The van der Waals surface area contributed by atoms with E-state index in [-0.39, 0.29) is 11.3 Å². The zero-order valence-electron chi connectivity index (χ0n) is 15.4. The van der Waals surface area contributed by atoms with E-state index >= 15 is 0 Å². The summed E-state index contributed by atoms with van der Waals surface area (Å²) in [7, 11) is 0. The zero-order chi connectivity index (χ0) is 19.4. The van der Waals surface area contributed by atoms with Gasteiger partial charge in [-0.3, -0.25) is 4.79 Å². The van der Waals surface area contributed by atoms with Gasteiger partial charge in [0.15, 0.2) is 4.96 Å². The second kappa shape index (κ2) is 6.07. The minimum Gasteiger partial charge on any atom is -0.508 e. The van der Waals surface area contributed by atoms with E-state index < -0.39 is 0 Å². The van der Waals surface area contributed by atoms with Crippen LogP contribution in [-0.2, 0) is 0 Å². The average Bonchev–Trinajstić information content (AvgIpc) is 3.33. The summed E-state index contributed by atoms with van der Waals surface area (Å²) >= 11 is 1.40. The van der Waals surface area contributed by atoms with Gasteiger partial charge in [-0.1, -0.05) is 11.3 Å². The number of aromatic hydroxyl groups is 1. The van der Waals surface area contributed by atoms with E-state index in [1.165, 1.54) is 16.9 Å². The molecule has 0 aliphatic carbocycles. The summed E-state index contributed by atoms with van der Waals surface area (Å²) in [4.78, 5) is 18.4. The first kappa shape index (κ1) is 16.8. The Labute approximate surface area is 164 Å². The minimum absolute atomic E-state index is 0.0517. The second-order valence-corrected chi connectivity index (χ2v) is 7.90. The fourth-order valence-corrected chi connectivity index (χ4v) is 4.38. The van der Waals surface area contributed by atoms with E-state index in [0.717, 1.165) is 28.0 Å². The summed E-state index contributed by atoms with van der Waals surface area (Å²) in [5, 5.41) is 9.51. The number of benzene rings is 2. The highest BCUT2D eigenvalue weighted by atomic mass is 32.1. The molecule has 5 nitrogen and oxygen atoms in total. The smallest absolute Gasteiger partial charge is 0.275 e. The lowest BCUT2D eigenvalue weighted by molar-refractivity contribution is 0.475. The number of phenols is 1. The first-order valence-electron chi connectivity index (χ1n) is 8.92. The maximum Gasteiger partial charge on any atom is 0.275 e. The average molecular weight is 387 g/mol. The number of phenolic OH excluding ortho intramolecular Hbond substituents is 1. The number of imidazole rings is 1. The first-order chi connectivity index (χ1) is 13.5.